The molecule has 2 aliphatic rings. The maximum Gasteiger partial charge on any atom is 0.227 e. The molecule has 2 aliphatic heterocycles. The van der Waals surface area contributed by atoms with Crippen molar-refractivity contribution in [2.75, 3.05) is 24.7 Å². The third-order valence-corrected chi connectivity index (χ3v) is 5.77. The SMILES string of the molecule is CCc1ccccc1N1C[C@H](C(=O)NCc2cc(Cl)c3c(c2)OCCCO3)CC1=O. The molecule has 0 aromatic heterocycles. The molecule has 0 unspecified atom stereocenters. The summed E-state index contributed by atoms with van der Waals surface area (Å²) in [5.41, 5.74) is 2.83. The van der Waals surface area contributed by atoms with Crippen molar-refractivity contribution in [2.24, 2.45) is 5.92 Å². The third kappa shape index (κ3) is 4.24. The Kier molecular flexibility index (Phi) is 6.13. The topological polar surface area (TPSA) is 67.9 Å². The van der Waals surface area contributed by atoms with Crippen molar-refractivity contribution in [3.05, 3.63) is 52.5 Å². The Hall–Kier alpha value is -2.73. The second-order valence-corrected chi connectivity index (χ2v) is 7.97. The molecule has 1 fully saturated rings. The third-order valence-electron chi connectivity index (χ3n) is 5.49. The van der Waals surface area contributed by atoms with Crippen molar-refractivity contribution in [3.8, 4) is 11.5 Å². The Bertz CT molecular complexity index is 962. The first kappa shape index (κ1) is 20.5. The highest BCUT2D eigenvalue weighted by Gasteiger charge is 2.35. The van der Waals surface area contributed by atoms with Crippen molar-refractivity contribution in [1.29, 1.82) is 0 Å². The minimum absolute atomic E-state index is 0.0188. The summed E-state index contributed by atoms with van der Waals surface area (Å²) in [6.07, 6.45) is 1.85. The Morgan fingerprint density at radius 2 is 2.03 bits per heavy atom. The Balaban J connectivity index is 1.41. The second-order valence-electron chi connectivity index (χ2n) is 7.56. The first-order valence-corrected chi connectivity index (χ1v) is 10.7. The largest absolute Gasteiger partial charge is 0.489 e. The minimum Gasteiger partial charge on any atom is -0.489 e. The van der Waals surface area contributed by atoms with Crippen molar-refractivity contribution >= 4 is 29.1 Å². The van der Waals surface area contributed by atoms with Gasteiger partial charge in [-0.3, -0.25) is 9.59 Å². The summed E-state index contributed by atoms with van der Waals surface area (Å²) in [5, 5.41) is 3.41. The molecule has 0 aliphatic carbocycles. The number of carbonyl (C=O) groups excluding carboxylic acids is 2. The van der Waals surface area contributed by atoms with Gasteiger partial charge in [0.2, 0.25) is 11.8 Å². The quantitative estimate of drug-likeness (QED) is 0.787. The predicted octanol–water partition coefficient (Wildman–Crippen LogP) is 3.73. The van der Waals surface area contributed by atoms with Gasteiger partial charge in [-0.2, -0.15) is 0 Å². The second kappa shape index (κ2) is 8.96. The summed E-state index contributed by atoms with van der Waals surface area (Å²) < 4.78 is 11.3. The molecule has 1 atom stereocenters. The normalized spacial score (nSPS) is 18.3. The number of para-hydroxylation sites is 1. The smallest absolute Gasteiger partial charge is 0.227 e. The van der Waals surface area contributed by atoms with Crippen LogP contribution in [0.2, 0.25) is 5.02 Å². The maximum absolute atomic E-state index is 12.7. The monoisotopic (exact) mass is 428 g/mol. The highest BCUT2D eigenvalue weighted by molar-refractivity contribution is 6.32. The molecular formula is C23H25ClN2O4. The van der Waals surface area contributed by atoms with Gasteiger partial charge in [0.25, 0.3) is 0 Å². The molecule has 6 nitrogen and oxygen atoms in total. The summed E-state index contributed by atoms with van der Waals surface area (Å²) in [7, 11) is 0. The highest BCUT2D eigenvalue weighted by atomic mass is 35.5. The van der Waals surface area contributed by atoms with E-state index in [-0.39, 0.29) is 24.2 Å². The average molecular weight is 429 g/mol. The molecule has 0 saturated carbocycles. The number of amides is 2. The Labute approximate surface area is 181 Å². The van der Waals surface area contributed by atoms with E-state index in [0.29, 0.717) is 42.8 Å². The number of nitrogens with one attached hydrogen (secondary N) is 1. The molecule has 30 heavy (non-hydrogen) atoms. The van der Waals surface area contributed by atoms with E-state index in [1.165, 1.54) is 0 Å². The van der Waals surface area contributed by atoms with Crippen LogP contribution in [0.4, 0.5) is 5.69 Å². The van der Waals surface area contributed by atoms with Gasteiger partial charge in [0.05, 0.1) is 24.2 Å². The number of ether oxygens (including phenoxy) is 2. The van der Waals surface area contributed by atoms with E-state index in [1.807, 2.05) is 30.3 Å². The zero-order valence-electron chi connectivity index (χ0n) is 16.9. The van der Waals surface area contributed by atoms with Gasteiger partial charge in [0.1, 0.15) is 0 Å². The molecule has 158 valence electrons. The number of rotatable bonds is 5. The van der Waals surface area contributed by atoms with Crippen molar-refractivity contribution in [1.82, 2.24) is 5.32 Å². The predicted molar refractivity (Wildman–Crippen MR) is 115 cm³/mol. The van der Waals surface area contributed by atoms with Gasteiger partial charge in [0.15, 0.2) is 11.5 Å². The molecule has 1 saturated heterocycles. The van der Waals surface area contributed by atoms with Crippen LogP contribution in [-0.2, 0) is 22.6 Å². The number of hydrogen-bond donors (Lipinski definition) is 1. The summed E-state index contributed by atoms with van der Waals surface area (Å²) >= 11 is 6.33. The van der Waals surface area contributed by atoms with Crippen LogP contribution in [0.5, 0.6) is 11.5 Å². The molecule has 4 rings (SSSR count). The molecule has 7 heteroatoms. The fraction of sp³-hybridized carbons (Fsp3) is 0.391. The fourth-order valence-electron chi connectivity index (χ4n) is 3.91. The molecule has 2 aromatic rings. The Morgan fingerprint density at radius 1 is 1.23 bits per heavy atom. The van der Waals surface area contributed by atoms with E-state index >= 15 is 0 Å². The Morgan fingerprint density at radius 3 is 2.87 bits per heavy atom. The first-order chi connectivity index (χ1) is 14.6. The molecule has 0 radical (unpaired) electrons. The minimum atomic E-state index is -0.377. The van der Waals surface area contributed by atoms with Gasteiger partial charge >= 0.3 is 0 Å². The van der Waals surface area contributed by atoms with E-state index in [1.54, 1.807) is 11.0 Å². The first-order valence-electron chi connectivity index (χ1n) is 10.3. The van der Waals surface area contributed by atoms with Crippen LogP contribution in [0, 0.1) is 5.92 Å². The number of fused-ring (bicyclic) bond motifs is 1. The van der Waals surface area contributed by atoms with Crippen molar-refractivity contribution < 1.29 is 19.1 Å². The number of aryl methyl sites for hydroxylation is 1. The van der Waals surface area contributed by atoms with Crippen LogP contribution < -0.4 is 19.7 Å². The molecule has 2 heterocycles. The summed E-state index contributed by atoms with van der Waals surface area (Å²) in [6.45, 7) is 3.90. The van der Waals surface area contributed by atoms with Crippen LogP contribution in [0.15, 0.2) is 36.4 Å². The summed E-state index contributed by atoms with van der Waals surface area (Å²) in [4.78, 5) is 27.0. The van der Waals surface area contributed by atoms with E-state index in [0.717, 1.165) is 29.7 Å². The van der Waals surface area contributed by atoms with Crippen LogP contribution in [0.25, 0.3) is 0 Å². The lowest BCUT2D eigenvalue weighted by molar-refractivity contribution is -0.126. The standard InChI is InChI=1S/C23H25ClN2O4/c1-2-16-6-3-4-7-19(16)26-14-17(12-21(26)27)23(28)25-13-15-10-18(24)22-20(11-15)29-8-5-9-30-22/h3-4,6-7,10-11,17H,2,5,8-9,12-14H2,1H3,(H,25,28)/t17-/m1/s1. The number of carbonyl (C=O) groups is 2. The lowest BCUT2D eigenvalue weighted by Gasteiger charge is -2.20. The van der Waals surface area contributed by atoms with Crippen molar-refractivity contribution in [3.63, 3.8) is 0 Å². The molecular weight excluding hydrogens is 404 g/mol. The fourth-order valence-corrected chi connectivity index (χ4v) is 4.20. The van der Waals surface area contributed by atoms with E-state index in [2.05, 4.69) is 12.2 Å². The number of hydrogen-bond acceptors (Lipinski definition) is 4. The van der Waals surface area contributed by atoms with E-state index < -0.39 is 0 Å². The summed E-state index contributed by atoms with van der Waals surface area (Å²) in [5.74, 6) is 0.620. The van der Waals surface area contributed by atoms with Crippen molar-refractivity contribution in [2.45, 2.75) is 32.7 Å². The zero-order valence-corrected chi connectivity index (χ0v) is 17.7. The van der Waals surface area contributed by atoms with Gasteiger partial charge in [-0.25, -0.2) is 0 Å². The van der Waals surface area contributed by atoms with Gasteiger partial charge in [-0.15, -0.1) is 0 Å². The number of anilines is 1. The molecule has 1 N–H and O–H groups in total. The van der Waals surface area contributed by atoms with Crippen LogP contribution in [-0.4, -0.2) is 31.6 Å². The van der Waals surface area contributed by atoms with Gasteiger partial charge < -0.3 is 19.7 Å². The van der Waals surface area contributed by atoms with Crippen LogP contribution in [0.3, 0.4) is 0 Å². The number of nitrogens with zero attached hydrogens (tertiary/aromatic N) is 1. The number of benzene rings is 2. The summed E-state index contributed by atoms with van der Waals surface area (Å²) in [6, 6.07) is 11.5. The lowest BCUT2D eigenvalue weighted by Crippen LogP contribution is -2.32. The zero-order chi connectivity index (χ0) is 21.1. The van der Waals surface area contributed by atoms with Gasteiger partial charge in [-0.1, -0.05) is 36.7 Å². The number of halogens is 1. The van der Waals surface area contributed by atoms with Crippen LogP contribution in [0.1, 0.15) is 30.9 Å². The maximum atomic E-state index is 12.7. The molecule has 0 bridgehead atoms. The van der Waals surface area contributed by atoms with E-state index in [9.17, 15) is 9.59 Å². The average Bonchev–Trinajstić information content (AvgIpc) is 2.98. The van der Waals surface area contributed by atoms with E-state index in [4.69, 9.17) is 21.1 Å². The highest BCUT2D eigenvalue weighted by Crippen LogP contribution is 2.38. The van der Waals surface area contributed by atoms with Gasteiger partial charge in [0, 0.05) is 31.6 Å². The molecule has 2 aromatic carbocycles. The molecule has 0 spiro atoms. The van der Waals surface area contributed by atoms with Crippen LogP contribution >= 0.6 is 11.6 Å². The molecule has 2 amide bonds. The van der Waals surface area contributed by atoms with Gasteiger partial charge in [-0.05, 0) is 35.7 Å². The lowest BCUT2D eigenvalue weighted by atomic mass is 10.1.